The van der Waals surface area contributed by atoms with Crippen LogP contribution in [-0.2, 0) is 4.74 Å². The van der Waals surface area contributed by atoms with Crippen molar-refractivity contribution in [3.63, 3.8) is 0 Å². The molecule has 1 amide bonds. The Morgan fingerprint density at radius 2 is 2.12 bits per heavy atom. The molecule has 0 aliphatic carbocycles. The van der Waals surface area contributed by atoms with Gasteiger partial charge in [-0.05, 0) is 39.5 Å². The first-order valence-electron chi connectivity index (χ1n) is 6.18. The predicted octanol–water partition coefficient (Wildman–Crippen LogP) is 1.61. The fraction of sp³-hybridized carbons (Fsp3) is 0.917. The summed E-state index contributed by atoms with van der Waals surface area (Å²) in [6, 6.07) is 0.351. The summed E-state index contributed by atoms with van der Waals surface area (Å²) in [5.41, 5.74) is -0.393. The Balaban J connectivity index is 2.00. The molecule has 0 saturated carbocycles. The highest BCUT2D eigenvalue weighted by molar-refractivity contribution is 5.68. The maximum atomic E-state index is 12.0. The zero-order valence-electron chi connectivity index (χ0n) is 10.5. The first kappa shape index (κ1) is 11.7. The predicted molar refractivity (Wildman–Crippen MR) is 62.3 cm³/mol. The lowest BCUT2D eigenvalue weighted by Crippen LogP contribution is -2.50. The Kier molecular flexibility index (Phi) is 3.10. The van der Waals surface area contributed by atoms with E-state index < -0.39 is 5.60 Å². The topological polar surface area (TPSA) is 41.6 Å². The molecule has 2 saturated heterocycles. The van der Waals surface area contributed by atoms with Crippen molar-refractivity contribution in [2.45, 2.75) is 45.3 Å². The van der Waals surface area contributed by atoms with Crippen molar-refractivity contribution in [2.75, 3.05) is 19.6 Å². The van der Waals surface area contributed by atoms with E-state index in [9.17, 15) is 4.79 Å². The molecule has 2 rings (SSSR count). The van der Waals surface area contributed by atoms with E-state index in [4.69, 9.17) is 4.74 Å². The normalized spacial score (nSPS) is 30.1. The second-order valence-electron chi connectivity index (χ2n) is 5.80. The van der Waals surface area contributed by atoms with E-state index in [1.54, 1.807) is 0 Å². The third kappa shape index (κ3) is 2.48. The second-order valence-corrected chi connectivity index (χ2v) is 5.80. The summed E-state index contributed by atoms with van der Waals surface area (Å²) in [5, 5.41) is 3.36. The van der Waals surface area contributed by atoms with Gasteiger partial charge < -0.3 is 15.0 Å². The number of hydrogen-bond donors (Lipinski definition) is 1. The molecule has 2 fully saturated rings. The van der Waals surface area contributed by atoms with Crippen LogP contribution in [0.1, 0.15) is 33.6 Å². The van der Waals surface area contributed by atoms with Crippen molar-refractivity contribution < 1.29 is 9.53 Å². The van der Waals surface area contributed by atoms with Gasteiger partial charge in [-0.15, -0.1) is 0 Å². The zero-order valence-corrected chi connectivity index (χ0v) is 10.5. The fourth-order valence-corrected chi connectivity index (χ4v) is 2.62. The first-order valence-corrected chi connectivity index (χ1v) is 6.18. The van der Waals surface area contributed by atoms with Crippen LogP contribution in [-0.4, -0.2) is 42.3 Å². The number of nitrogens with zero attached hydrogens (tertiary/aromatic N) is 1. The number of ether oxygens (including phenoxy) is 1. The van der Waals surface area contributed by atoms with Crippen LogP contribution in [0.25, 0.3) is 0 Å². The first-order chi connectivity index (χ1) is 7.47. The largest absolute Gasteiger partial charge is 0.444 e. The van der Waals surface area contributed by atoms with Crippen LogP contribution >= 0.6 is 0 Å². The smallest absolute Gasteiger partial charge is 0.410 e. The Labute approximate surface area is 97.3 Å². The molecule has 0 aromatic rings. The van der Waals surface area contributed by atoms with E-state index in [-0.39, 0.29) is 6.09 Å². The molecule has 16 heavy (non-hydrogen) atoms. The molecule has 0 bridgehead atoms. The van der Waals surface area contributed by atoms with Gasteiger partial charge in [0.25, 0.3) is 0 Å². The number of amides is 1. The van der Waals surface area contributed by atoms with Gasteiger partial charge in [0.15, 0.2) is 0 Å². The molecule has 0 aromatic carbocycles. The van der Waals surface area contributed by atoms with Gasteiger partial charge in [-0.1, -0.05) is 0 Å². The van der Waals surface area contributed by atoms with Crippen molar-refractivity contribution in [1.29, 1.82) is 0 Å². The highest BCUT2D eigenvalue weighted by Crippen LogP contribution is 2.27. The summed E-state index contributed by atoms with van der Waals surface area (Å²) in [6.07, 6.45) is 2.19. The molecular formula is C12H22N2O2. The number of nitrogens with one attached hydrogen (secondary N) is 1. The van der Waals surface area contributed by atoms with Gasteiger partial charge in [0, 0.05) is 19.6 Å². The molecule has 0 spiro atoms. The third-order valence-corrected chi connectivity index (χ3v) is 3.31. The Morgan fingerprint density at radius 3 is 2.81 bits per heavy atom. The number of carbonyl (C=O) groups is 1. The van der Waals surface area contributed by atoms with Crippen LogP contribution in [0.5, 0.6) is 0 Å². The van der Waals surface area contributed by atoms with Gasteiger partial charge in [-0.2, -0.15) is 0 Å². The SMILES string of the molecule is CC(C)(C)OC(=O)N1CCCC2CNC[C@@H]21. The molecule has 2 atom stereocenters. The molecule has 0 aromatic heterocycles. The van der Waals surface area contributed by atoms with Crippen LogP contribution in [0.2, 0.25) is 0 Å². The molecule has 1 unspecified atom stereocenters. The Hall–Kier alpha value is -0.770. The van der Waals surface area contributed by atoms with Crippen LogP contribution in [0.15, 0.2) is 0 Å². The van der Waals surface area contributed by atoms with E-state index in [1.165, 1.54) is 6.42 Å². The minimum atomic E-state index is -0.393. The molecule has 92 valence electrons. The number of carbonyl (C=O) groups excluding carboxylic acids is 1. The summed E-state index contributed by atoms with van der Waals surface area (Å²) in [4.78, 5) is 13.9. The highest BCUT2D eigenvalue weighted by atomic mass is 16.6. The maximum Gasteiger partial charge on any atom is 0.410 e. The maximum absolute atomic E-state index is 12.0. The van der Waals surface area contributed by atoms with Gasteiger partial charge >= 0.3 is 6.09 Å². The van der Waals surface area contributed by atoms with E-state index in [0.717, 1.165) is 26.1 Å². The second kappa shape index (κ2) is 4.24. The van der Waals surface area contributed by atoms with Crippen molar-refractivity contribution in [3.05, 3.63) is 0 Å². The van der Waals surface area contributed by atoms with Gasteiger partial charge in [0.05, 0.1) is 6.04 Å². The van der Waals surface area contributed by atoms with Crippen molar-refractivity contribution >= 4 is 6.09 Å². The van der Waals surface area contributed by atoms with Gasteiger partial charge in [0.1, 0.15) is 5.60 Å². The molecule has 2 heterocycles. The minimum Gasteiger partial charge on any atom is -0.444 e. The average molecular weight is 226 g/mol. The van der Waals surface area contributed by atoms with E-state index in [0.29, 0.717) is 12.0 Å². The molecular weight excluding hydrogens is 204 g/mol. The molecule has 4 heteroatoms. The van der Waals surface area contributed by atoms with Crippen LogP contribution in [0.4, 0.5) is 4.79 Å². The lowest BCUT2D eigenvalue weighted by molar-refractivity contribution is 0.00663. The number of fused-ring (bicyclic) bond motifs is 1. The highest BCUT2D eigenvalue weighted by Gasteiger charge is 2.38. The standard InChI is InChI=1S/C12H22N2O2/c1-12(2,3)16-11(15)14-6-4-5-9-7-13-8-10(9)14/h9-10,13H,4-8H2,1-3H3/t9?,10-/m0/s1. The van der Waals surface area contributed by atoms with Crippen LogP contribution in [0.3, 0.4) is 0 Å². The minimum absolute atomic E-state index is 0.147. The number of likely N-dealkylation sites (tertiary alicyclic amines) is 1. The Morgan fingerprint density at radius 1 is 1.38 bits per heavy atom. The Bertz CT molecular complexity index is 273. The van der Waals surface area contributed by atoms with E-state index in [1.807, 2.05) is 25.7 Å². The molecule has 2 aliphatic rings. The lowest BCUT2D eigenvalue weighted by atomic mass is 9.92. The molecule has 4 nitrogen and oxygen atoms in total. The number of piperidine rings is 1. The molecule has 0 radical (unpaired) electrons. The average Bonchev–Trinajstić information content (AvgIpc) is 2.61. The fourth-order valence-electron chi connectivity index (χ4n) is 2.62. The monoisotopic (exact) mass is 226 g/mol. The zero-order chi connectivity index (χ0) is 11.8. The summed E-state index contributed by atoms with van der Waals surface area (Å²) < 4.78 is 5.44. The summed E-state index contributed by atoms with van der Waals surface area (Å²) in [6.45, 7) is 8.56. The summed E-state index contributed by atoms with van der Waals surface area (Å²) in [7, 11) is 0. The van der Waals surface area contributed by atoms with E-state index in [2.05, 4.69) is 5.32 Å². The van der Waals surface area contributed by atoms with Crippen molar-refractivity contribution in [2.24, 2.45) is 5.92 Å². The lowest BCUT2D eigenvalue weighted by Gasteiger charge is -2.37. The van der Waals surface area contributed by atoms with Gasteiger partial charge in [-0.25, -0.2) is 4.79 Å². The van der Waals surface area contributed by atoms with Crippen LogP contribution < -0.4 is 5.32 Å². The van der Waals surface area contributed by atoms with Crippen molar-refractivity contribution in [3.8, 4) is 0 Å². The molecule has 1 N–H and O–H groups in total. The van der Waals surface area contributed by atoms with Crippen molar-refractivity contribution in [1.82, 2.24) is 10.2 Å². The van der Waals surface area contributed by atoms with Gasteiger partial charge in [0.2, 0.25) is 0 Å². The molecule has 2 aliphatic heterocycles. The van der Waals surface area contributed by atoms with Crippen LogP contribution in [0, 0.1) is 5.92 Å². The quantitative estimate of drug-likeness (QED) is 0.682. The number of hydrogen-bond acceptors (Lipinski definition) is 3. The van der Waals surface area contributed by atoms with E-state index >= 15 is 0 Å². The van der Waals surface area contributed by atoms with Gasteiger partial charge in [-0.3, -0.25) is 0 Å². The third-order valence-electron chi connectivity index (χ3n) is 3.31. The summed E-state index contributed by atoms with van der Waals surface area (Å²) in [5.74, 6) is 0.626. The number of rotatable bonds is 0. The summed E-state index contributed by atoms with van der Waals surface area (Å²) >= 11 is 0.